The van der Waals surface area contributed by atoms with E-state index < -0.39 is 0 Å². The second-order valence-corrected chi connectivity index (χ2v) is 6.21. The van der Waals surface area contributed by atoms with Gasteiger partial charge in [0.05, 0.1) is 11.6 Å². The Morgan fingerprint density at radius 3 is 2.45 bits per heavy atom. The topological polar surface area (TPSA) is 38.5 Å². The maximum Gasteiger partial charge on any atom is 0.0573 e. The van der Waals surface area contributed by atoms with Gasteiger partial charge in [0.2, 0.25) is 0 Å². The highest BCUT2D eigenvalue weighted by Gasteiger charge is 2.38. The first-order valence-corrected chi connectivity index (χ1v) is 7.56. The molecule has 3 nitrogen and oxygen atoms in total. The fourth-order valence-electron chi connectivity index (χ4n) is 3.48. The van der Waals surface area contributed by atoms with Crippen molar-refractivity contribution in [2.24, 2.45) is 5.73 Å². The molecule has 1 aliphatic carbocycles. The van der Waals surface area contributed by atoms with Gasteiger partial charge in [-0.15, -0.1) is 0 Å². The Balaban J connectivity index is 2.23. The smallest absolute Gasteiger partial charge is 0.0573 e. The molecular weight excluding hydrogens is 248 g/mol. The largest absolute Gasteiger partial charge is 0.381 e. The molecule has 3 heteroatoms. The first-order chi connectivity index (χ1) is 9.52. The molecule has 0 heterocycles. The van der Waals surface area contributed by atoms with Crippen LogP contribution in [0.2, 0.25) is 0 Å². The minimum absolute atomic E-state index is 0.0784. The summed E-state index contributed by atoms with van der Waals surface area (Å²) < 4.78 is 5.49. The summed E-state index contributed by atoms with van der Waals surface area (Å²) in [4.78, 5) is 2.41. The molecule has 20 heavy (non-hydrogen) atoms. The maximum atomic E-state index is 6.16. The Bertz CT molecular complexity index is 450. The first-order valence-electron chi connectivity index (χ1n) is 7.56. The van der Waals surface area contributed by atoms with E-state index in [2.05, 4.69) is 44.0 Å². The quantitative estimate of drug-likeness (QED) is 0.918. The van der Waals surface area contributed by atoms with Gasteiger partial charge in [0.15, 0.2) is 0 Å². The summed E-state index contributed by atoms with van der Waals surface area (Å²) in [5.74, 6) is 0. The van der Waals surface area contributed by atoms with Crippen LogP contribution >= 0.6 is 0 Å². The van der Waals surface area contributed by atoms with Gasteiger partial charge < -0.3 is 15.4 Å². The zero-order valence-corrected chi connectivity index (χ0v) is 13.3. The number of benzene rings is 1. The SMILES string of the molecule is COC1CCC(CN)(N(C)c2ccc(C)cc2C)CC1. The van der Waals surface area contributed by atoms with Crippen LogP contribution in [0.5, 0.6) is 0 Å². The lowest BCUT2D eigenvalue weighted by Crippen LogP contribution is -2.55. The van der Waals surface area contributed by atoms with Gasteiger partial charge in [-0.1, -0.05) is 17.7 Å². The van der Waals surface area contributed by atoms with Gasteiger partial charge in [0.1, 0.15) is 0 Å². The van der Waals surface area contributed by atoms with Crippen molar-refractivity contribution in [1.29, 1.82) is 0 Å². The van der Waals surface area contributed by atoms with Crippen LogP contribution in [0.4, 0.5) is 5.69 Å². The molecule has 1 aliphatic rings. The van der Waals surface area contributed by atoms with Crippen LogP contribution in [0.1, 0.15) is 36.8 Å². The molecule has 0 amide bonds. The highest BCUT2D eigenvalue weighted by atomic mass is 16.5. The van der Waals surface area contributed by atoms with Crippen LogP contribution in [0.3, 0.4) is 0 Å². The molecule has 0 spiro atoms. The van der Waals surface area contributed by atoms with Crippen molar-refractivity contribution < 1.29 is 4.74 Å². The molecule has 1 saturated carbocycles. The predicted molar refractivity (Wildman–Crippen MR) is 85.4 cm³/mol. The summed E-state index contributed by atoms with van der Waals surface area (Å²) in [7, 11) is 4.01. The Morgan fingerprint density at radius 2 is 1.95 bits per heavy atom. The first kappa shape index (κ1) is 15.3. The standard InChI is InChI=1S/C17H28N2O/c1-13-5-6-16(14(2)11-13)19(3)17(12-18)9-7-15(20-4)8-10-17/h5-6,11,15H,7-10,12,18H2,1-4H3. The van der Waals surface area contributed by atoms with Crippen LogP contribution < -0.4 is 10.6 Å². The van der Waals surface area contributed by atoms with Crippen LogP contribution in [0.25, 0.3) is 0 Å². The predicted octanol–water partition coefficient (Wildman–Crippen LogP) is 3.03. The Morgan fingerprint density at radius 1 is 1.30 bits per heavy atom. The summed E-state index contributed by atoms with van der Waals surface area (Å²) in [6.07, 6.45) is 4.81. The van der Waals surface area contributed by atoms with E-state index in [-0.39, 0.29) is 5.54 Å². The highest BCUT2D eigenvalue weighted by Crippen LogP contribution is 2.37. The highest BCUT2D eigenvalue weighted by molar-refractivity contribution is 5.56. The molecule has 0 atom stereocenters. The second kappa shape index (κ2) is 6.15. The summed E-state index contributed by atoms with van der Waals surface area (Å²) >= 11 is 0. The van der Waals surface area contributed by atoms with Gasteiger partial charge in [-0.2, -0.15) is 0 Å². The third-order valence-electron chi connectivity index (χ3n) is 5.00. The number of ether oxygens (including phenoxy) is 1. The van der Waals surface area contributed by atoms with Crippen LogP contribution in [-0.4, -0.2) is 32.3 Å². The molecule has 112 valence electrons. The van der Waals surface area contributed by atoms with Gasteiger partial charge in [-0.3, -0.25) is 0 Å². The summed E-state index contributed by atoms with van der Waals surface area (Å²) in [6.45, 7) is 5.02. The number of methoxy groups -OCH3 is 1. The monoisotopic (exact) mass is 276 g/mol. The minimum Gasteiger partial charge on any atom is -0.381 e. The fraction of sp³-hybridized carbons (Fsp3) is 0.647. The number of anilines is 1. The lowest BCUT2D eigenvalue weighted by molar-refractivity contribution is 0.0505. The molecular formula is C17H28N2O. The number of nitrogens with zero attached hydrogens (tertiary/aromatic N) is 1. The van der Waals surface area contributed by atoms with Gasteiger partial charge in [0.25, 0.3) is 0 Å². The molecule has 0 bridgehead atoms. The van der Waals surface area contributed by atoms with E-state index in [0.29, 0.717) is 12.6 Å². The summed E-state index contributed by atoms with van der Waals surface area (Å²) in [5, 5.41) is 0. The van der Waals surface area contributed by atoms with Gasteiger partial charge in [0, 0.05) is 26.4 Å². The molecule has 0 radical (unpaired) electrons. The lowest BCUT2D eigenvalue weighted by Gasteiger charge is -2.47. The lowest BCUT2D eigenvalue weighted by atomic mass is 9.78. The average molecular weight is 276 g/mol. The summed E-state index contributed by atoms with van der Waals surface area (Å²) in [6, 6.07) is 6.66. The summed E-state index contributed by atoms with van der Waals surface area (Å²) in [5.41, 5.74) is 10.2. The van der Waals surface area contributed by atoms with E-state index >= 15 is 0 Å². The third-order valence-corrected chi connectivity index (χ3v) is 5.00. The molecule has 0 unspecified atom stereocenters. The van der Waals surface area contributed by atoms with Gasteiger partial charge in [-0.25, -0.2) is 0 Å². The average Bonchev–Trinajstić information content (AvgIpc) is 2.46. The molecule has 1 aromatic carbocycles. The van der Waals surface area contributed by atoms with E-state index in [4.69, 9.17) is 10.5 Å². The zero-order chi connectivity index (χ0) is 14.8. The Labute approximate surface area is 123 Å². The number of nitrogens with two attached hydrogens (primary N) is 1. The van der Waals surface area contributed by atoms with E-state index in [1.54, 1.807) is 0 Å². The molecule has 0 saturated heterocycles. The number of likely N-dealkylation sites (N-methyl/N-ethyl adjacent to an activating group) is 1. The molecule has 2 N–H and O–H groups in total. The Hall–Kier alpha value is -1.06. The molecule has 0 aliphatic heterocycles. The van der Waals surface area contributed by atoms with Crippen molar-refractivity contribution in [2.75, 3.05) is 25.6 Å². The van der Waals surface area contributed by atoms with Gasteiger partial charge >= 0.3 is 0 Å². The van der Waals surface area contributed by atoms with Crippen LogP contribution in [0, 0.1) is 13.8 Å². The normalized spacial score (nSPS) is 26.6. The minimum atomic E-state index is 0.0784. The Kier molecular flexibility index (Phi) is 4.71. The van der Waals surface area contributed by atoms with Crippen LogP contribution in [0.15, 0.2) is 18.2 Å². The zero-order valence-electron chi connectivity index (χ0n) is 13.3. The number of hydrogen-bond acceptors (Lipinski definition) is 3. The number of rotatable bonds is 4. The molecule has 1 aromatic rings. The molecule has 2 rings (SSSR count). The van der Waals surface area contributed by atoms with Gasteiger partial charge in [-0.05, 0) is 51.2 Å². The van der Waals surface area contributed by atoms with E-state index in [1.807, 2.05) is 7.11 Å². The van der Waals surface area contributed by atoms with E-state index in [9.17, 15) is 0 Å². The molecule has 1 fully saturated rings. The van der Waals surface area contributed by atoms with E-state index in [1.165, 1.54) is 16.8 Å². The van der Waals surface area contributed by atoms with Crippen LogP contribution in [-0.2, 0) is 4.74 Å². The molecule has 0 aromatic heterocycles. The number of hydrogen-bond donors (Lipinski definition) is 1. The van der Waals surface area contributed by atoms with Crippen molar-refractivity contribution in [3.8, 4) is 0 Å². The van der Waals surface area contributed by atoms with Crippen molar-refractivity contribution >= 4 is 5.69 Å². The number of aryl methyl sites for hydroxylation is 2. The van der Waals surface area contributed by atoms with E-state index in [0.717, 1.165) is 25.7 Å². The van der Waals surface area contributed by atoms with Crippen molar-refractivity contribution in [3.05, 3.63) is 29.3 Å². The maximum absolute atomic E-state index is 6.16. The van der Waals surface area contributed by atoms with Crippen molar-refractivity contribution in [1.82, 2.24) is 0 Å². The fourth-order valence-corrected chi connectivity index (χ4v) is 3.48. The second-order valence-electron chi connectivity index (χ2n) is 6.21. The third kappa shape index (κ3) is 2.84. The van der Waals surface area contributed by atoms with Crippen molar-refractivity contribution in [2.45, 2.75) is 51.2 Å². The van der Waals surface area contributed by atoms with Crippen molar-refractivity contribution in [3.63, 3.8) is 0 Å².